The van der Waals surface area contributed by atoms with Crippen LogP contribution in [0.3, 0.4) is 0 Å². The van der Waals surface area contributed by atoms with E-state index in [1.54, 1.807) is 6.07 Å². The van der Waals surface area contributed by atoms with E-state index in [9.17, 15) is 8.78 Å². The molecule has 0 nitrogen and oxygen atoms in total. The number of hydrogen-bond acceptors (Lipinski definition) is 0. The largest absolute Gasteiger partial charge is 0.204 e. The summed E-state index contributed by atoms with van der Waals surface area (Å²) in [5, 5.41) is 0. The van der Waals surface area contributed by atoms with Gasteiger partial charge in [0.2, 0.25) is 0 Å². The molecule has 2 aliphatic rings. The normalized spacial score (nSPS) is 28.5. The lowest BCUT2D eigenvalue weighted by Gasteiger charge is -2.29. The van der Waals surface area contributed by atoms with Crippen molar-refractivity contribution < 1.29 is 8.78 Å². The maximum absolute atomic E-state index is 13.5. The Hall–Kier alpha value is -1.44. The van der Waals surface area contributed by atoms with Crippen molar-refractivity contribution in [1.29, 1.82) is 0 Å². The van der Waals surface area contributed by atoms with Gasteiger partial charge in [-0.05, 0) is 112 Å². The molecule has 154 valence electrons. The molecule has 1 aromatic rings. The molecule has 2 fully saturated rings. The summed E-state index contributed by atoms with van der Waals surface area (Å²) in [6, 6.07) is 4.42. The molecule has 0 amide bonds. The van der Waals surface area contributed by atoms with E-state index >= 15 is 0 Å². The molecule has 0 atom stereocenters. The summed E-state index contributed by atoms with van der Waals surface area (Å²) in [4.78, 5) is 0. The SMILES string of the molecule is C=C(CC)CCC1CCC(/C=C/C2CCC(c3ccc(F)c(F)c3)CC2)CC1. The monoisotopic (exact) mass is 386 g/mol. The van der Waals surface area contributed by atoms with E-state index in [-0.39, 0.29) is 0 Å². The van der Waals surface area contributed by atoms with E-state index in [1.807, 2.05) is 0 Å². The third kappa shape index (κ3) is 6.03. The molecule has 0 spiro atoms. The van der Waals surface area contributed by atoms with Gasteiger partial charge in [-0.25, -0.2) is 8.78 Å². The van der Waals surface area contributed by atoms with Crippen LogP contribution in [0.1, 0.15) is 89.0 Å². The van der Waals surface area contributed by atoms with Gasteiger partial charge in [0.05, 0.1) is 0 Å². The molecule has 0 saturated heterocycles. The summed E-state index contributed by atoms with van der Waals surface area (Å²) < 4.78 is 26.6. The quantitative estimate of drug-likeness (QED) is 0.413. The lowest BCUT2D eigenvalue weighted by molar-refractivity contribution is 0.294. The van der Waals surface area contributed by atoms with Crippen molar-refractivity contribution in [2.24, 2.45) is 17.8 Å². The maximum atomic E-state index is 13.5. The molecule has 28 heavy (non-hydrogen) atoms. The van der Waals surface area contributed by atoms with Gasteiger partial charge in [0.15, 0.2) is 11.6 Å². The van der Waals surface area contributed by atoms with Crippen LogP contribution in [0.15, 0.2) is 42.5 Å². The number of rotatable bonds is 7. The van der Waals surface area contributed by atoms with Crippen molar-refractivity contribution in [2.45, 2.75) is 83.5 Å². The zero-order chi connectivity index (χ0) is 19.9. The summed E-state index contributed by atoms with van der Waals surface area (Å²) in [7, 11) is 0. The van der Waals surface area contributed by atoms with Crippen LogP contribution in [0.2, 0.25) is 0 Å². The number of halogens is 2. The van der Waals surface area contributed by atoms with Crippen LogP contribution >= 0.6 is 0 Å². The van der Waals surface area contributed by atoms with E-state index in [4.69, 9.17) is 0 Å². The standard InChI is InChI=1S/C26H36F2/c1-3-19(2)4-5-20-6-8-21(9-7-20)10-11-22-12-14-23(15-13-22)24-16-17-25(27)26(28)18-24/h10-11,16-18,20-23H,2-9,12-15H2,1H3/b11-10+. The number of allylic oxidation sites excluding steroid dienone is 3. The van der Waals surface area contributed by atoms with Gasteiger partial charge in [-0.1, -0.05) is 37.3 Å². The van der Waals surface area contributed by atoms with Crippen LogP contribution in [0.4, 0.5) is 8.78 Å². The minimum absolute atomic E-state index is 0.382. The highest BCUT2D eigenvalue weighted by atomic mass is 19.2. The van der Waals surface area contributed by atoms with Gasteiger partial charge in [0, 0.05) is 0 Å². The highest BCUT2D eigenvalue weighted by Crippen LogP contribution is 2.38. The fourth-order valence-corrected chi connectivity index (χ4v) is 4.98. The van der Waals surface area contributed by atoms with Crippen LogP contribution in [0.5, 0.6) is 0 Å². The Morgan fingerprint density at radius 2 is 1.54 bits per heavy atom. The van der Waals surface area contributed by atoms with Crippen molar-refractivity contribution in [1.82, 2.24) is 0 Å². The van der Waals surface area contributed by atoms with Crippen LogP contribution in [-0.4, -0.2) is 0 Å². The molecule has 2 heteroatoms. The summed E-state index contributed by atoms with van der Waals surface area (Å²) in [6.45, 7) is 6.34. The highest BCUT2D eigenvalue weighted by molar-refractivity contribution is 5.22. The first kappa shape index (κ1) is 21.3. The van der Waals surface area contributed by atoms with Gasteiger partial charge in [0.25, 0.3) is 0 Å². The summed E-state index contributed by atoms with van der Waals surface area (Å²) in [5.74, 6) is 1.24. The first-order valence-electron chi connectivity index (χ1n) is 11.3. The molecule has 0 aliphatic heterocycles. The fraction of sp³-hybridized carbons (Fsp3) is 0.615. The van der Waals surface area contributed by atoms with E-state index in [0.29, 0.717) is 11.8 Å². The van der Waals surface area contributed by atoms with Crippen molar-refractivity contribution in [2.75, 3.05) is 0 Å². The molecule has 0 heterocycles. The van der Waals surface area contributed by atoms with Gasteiger partial charge in [-0.3, -0.25) is 0 Å². The molecular formula is C26H36F2. The zero-order valence-electron chi connectivity index (χ0n) is 17.4. The fourth-order valence-electron chi connectivity index (χ4n) is 4.98. The summed E-state index contributed by atoms with van der Waals surface area (Å²) in [5.41, 5.74) is 2.37. The summed E-state index contributed by atoms with van der Waals surface area (Å²) >= 11 is 0. The Labute approximate surface area is 170 Å². The van der Waals surface area contributed by atoms with Gasteiger partial charge >= 0.3 is 0 Å². The average Bonchev–Trinajstić information content (AvgIpc) is 2.73. The van der Waals surface area contributed by atoms with Gasteiger partial charge < -0.3 is 0 Å². The van der Waals surface area contributed by atoms with Crippen molar-refractivity contribution >= 4 is 0 Å². The average molecular weight is 387 g/mol. The van der Waals surface area contributed by atoms with E-state index in [0.717, 1.165) is 49.5 Å². The van der Waals surface area contributed by atoms with E-state index in [2.05, 4.69) is 25.7 Å². The topological polar surface area (TPSA) is 0 Å². The van der Waals surface area contributed by atoms with Gasteiger partial charge in [0.1, 0.15) is 0 Å². The number of hydrogen-bond donors (Lipinski definition) is 0. The molecule has 2 aliphatic carbocycles. The predicted molar refractivity (Wildman–Crippen MR) is 114 cm³/mol. The van der Waals surface area contributed by atoms with E-state index < -0.39 is 11.6 Å². The smallest absolute Gasteiger partial charge is 0.159 e. The Morgan fingerprint density at radius 1 is 0.929 bits per heavy atom. The molecule has 0 N–H and O–H groups in total. The van der Waals surface area contributed by atoms with Crippen LogP contribution in [0, 0.1) is 29.4 Å². The maximum Gasteiger partial charge on any atom is 0.159 e. The molecule has 1 aromatic carbocycles. The minimum Gasteiger partial charge on any atom is -0.204 e. The molecule has 2 saturated carbocycles. The van der Waals surface area contributed by atoms with E-state index in [1.165, 1.54) is 56.2 Å². The van der Waals surface area contributed by atoms with Gasteiger partial charge in [-0.2, -0.15) is 0 Å². The molecule has 0 bridgehead atoms. The third-order valence-electron chi connectivity index (χ3n) is 7.14. The Kier molecular flexibility index (Phi) is 7.88. The first-order valence-corrected chi connectivity index (χ1v) is 11.3. The second kappa shape index (κ2) is 10.4. The first-order chi connectivity index (χ1) is 13.5. The lowest BCUT2D eigenvalue weighted by Crippen LogP contribution is -2.15. The molecule has 0 unspecified atom stereocenters. The molecule has 0 aromatic heterocycles. The second-order valence-electron chi connectivity index (χ2n) is 9.09. The second-order valence-corrected chi connectivity index (χ2v) is 9.09. The Balaban J connectivity index is 1.38. The highest BCUT2D eigenvalue weighted by Gasteiger charge is 2.23. The number of benzene rings is 1. The lowest BCUT2D eigenvalue weighted by atomic mass is 9.76. The Morgan fingerprint density at radius 3 is 2.11 bits per heavy atom. The molecule has 3 rings (SSSR count). The van der Waals surface area contributed by atoms with Crippen LogP contribution < -0.4 is 0 Å². The predicted octanol–water partition coefficient (Wildman–Crippen LogP) is 8.35. The zero-order valence-corrected chi connectivity index (χ0v) is 17.4. The van der Waals surface area contributed by atoms with Crippen molar-refractivity contribution in [3.05, 3.63) is 59.7 Å². The van der Waals surface area contributed by atoms with Gasteiger partial charge in [-0.15, -0.1) is 0 Å². The van der Waals surface area contributed by atoms with Crippen LogP contribution in [0.25, 0.3) is 0 Å². The minimum atomic E-state index is -0.745. The summed E-state index contributed by atoms with van der Waals surface area (Å²) in [6.07, 6.45) is 18.5. The third-order valence-corrected chi connectivity index (χ3v) is 7.14. The van der Waals surface area contributed by atoms with Crippen molar-refractivity contribution in [3.63, 3.8) is 0 Å². The molecular weight excluding hydrogens is 350 g/mol. The van der Waals surface area contributed by atoms with Crippen LogP contribution in [-0.2, 0) is 0 Å². The Bertz CT molecular complexity index is 659. The molecule has 0 radical (unpaired) electrons. The van der Waals surface area contributed by atoms with Crippen molar-refractivity contribution in [3.8, 4) is 0 Å².